The second kappa shape index (κ2) is 6.33. The van der Waals surface area contributed by atoms with Gasteiger partial charge in [0, 0.05) is 0 Å². The van der Waals surface area contributed by atoms with E-state index in [9.17, 15) is 8.42 Å². The molecule has 0 fully saturated rings. The van der Waals surface area contributed by atoms with Crippen molar-refractivity contribution in [3.05, 3.63) is 12.0 Å². The van der Waals surface area contributed by atoms with E-state index in [1.165, 1.54) is 0 Å². The number of hydrogen-bond donors (Lipinski definition) is 1. The summed E-state index contributed by atoms with van der Waals surface area (Å²) in [6.07, 6.45) is 0. The van der Waals surface area contributed by atoms with E-state index >= 15 is 0 Å². The summed E-state index contributed by atoms with van der Waals surface area (Å²) in [5, 5.41) is 8.78. The van der Waals surface area contributed by atoms with Gasteiger partial charge in [0.25, 0.3) is 10.1 Å². The van der Waals surface area contributed by atoms with Gasteiger partial charge in [0.15, 0.2) is 0 Å². The maximum Gasteiger partial charge on any atom is 1.00 e. The molecule has 0 aromatic rings. The van der Waals surface area contributed by atoms with Crippen molar-refractivity contribution in [2.24, 2.45) is 0 Å². The molecule has 0 aliphatic carbocycles. The molecule has 0 heterocycles. The van der Waals surface area contributed by atoms with Gasteiger partial charge in [0.1, 0.15) is 0 Å². The molecule has 0 radical (unpaired) electrons. The third-order valence-electron chi connectivity index (χ3n) is 0.543. The quantitative estimate of drug-likeness (QED) is 0.358. The standard InChI is InChI=1S/C4H8O4S.Na.H/c1-2-9(6,7)8-4-3-5;;/h2,5H,1,3-4H2;;/q;+1;-1. The van der Waals surface area contributed by atoms with E-state index in [2.05, 4.69) is 10.8 Å². The molecule has 0 aliphatic rings. The van der Waals surface area contributed by atoms with Crippen LogP contribution >= 0.6 is 0 Å². The Kier molecular flexibility index (Phi) is 8.36. The summed E-state index contributed by atoms with van der Waals surface area (Å²) in [6, 6.07) is 0. The molecule has 6 heteroatoms. The first-order valence-corrected chi connectivity index (χ1v) is 3.72. The van der Waals surface area contributed by atoms with Crippen molar-refractivity contribution in [2.75, 3.05) is 13.2 Å². The van der Waals surface area contributed by atoms with Crippen LogP contribution in [0.2, 0.25) is 0 Å². The predicted molar refractivity (Wildman–Crippen MR) is 33.3 cm³/mol. The maximum absolute atomic E-state index is 10.3. The summed E-state index contributed by atoms with van der Waals surface area (Å²) in [5.41, 5.74) is 0. The number of hydrogen-bond acceptors (Lipinski definition) is 4. The van der Waals surface area contributed by atoms with E-state index in [1.54, 1.807) is 0 Å². The first-order valence-electron chi connectivity index (χ1n) is 2.25. The van der Waals surface area contributed by atoms with Crippen molar-refractivity contribution in [1.82, 2.24) is 0 Å². The Bertz CT molecular complexity index is 179. The van der Waals surface area contributed by atoms with Gasteiger partial charge >= 0.3 is 29.6 Å². The summed E-state index contributed by atoms with van der Waals surface area (Å²) in [6.45, 7) is 2.46. The van der Waals surface area contributed by atoms with Crippen LogP contribution in [-0.2, 0) is 14.3 Å². The van der Waals surface area contributed by atoms with Gasteiger partial charge in [-0.3, -0.25) is 4.18 Å². The monoisotopic (exact) mass is 176 g/mol. The van der Waals surface area contributed by atoms with Crippen molar-refractivity contribution < 1.29 is 48.7 Å². The Hall–Kier alpha value is 0.610. The molecule has 0 rings (SSSR count). The average molecular weight is 176 g/mol. The molecule has 56 valence electrons. The average Bonchev–Trinajstić information content (AvgIpc) is 1.84. The molecule has 0 saturated heterocycles. The van der Waals surface area contributed by atoms with Gasteiger partial charge in [0.2, 0.25) is 0 Å². The van der Waals surface area contributed by atoms with Crippen LogP contribution in [0.4, 0.5) is 0 Å². The van der Waals surface area contributed by atoms with E-state index in [0.717, 1.165) is 0 Å². The molecule has 10 heavy (non-hydrogen) atoms. The van der Waals surface area contributed by atoms with E-state index in [4.69, 9.17) is 5.11 Å². The molecule has 0 spiro atoms. The molecule has 0 aliphatic heterocycles. The van der Waals surface area contributed by atoms with Crippen LogP contribution in [0.5, 0.6) is 0 Å². The molecule has 0 aromatic carbocycles. The second-order valence-electron chi connectivity index (χ2n) is 1.21. The van der Waals surface area contributed by atoms with Gasteiger partial charge in [-0.25, -0.2) is 0 Å². The van der Waals surface area contributed by atoms with E-state index in [-0.39, 0.29) is 44.2 Å². The van der Waals surface area contributed by atoms with E-state index < -0.39 is 10.1 Å². The molecule has 0 aromatic heterocycles. The van der Waals surface area contributed by atoms with Crippen LogP contribution in [0.25, 0.3) is 0 Å². The van der Waals surface area contributed by atoms with Crippen LogP contribution in [0.3, 0.4) is 0 Å². The SMILES string of the molecule is C=CS(=O)(=O)OCCO.[H-].[Na+]. The van der Waals surface area contributed by atoms with Crippen molar-refractivity contribution in [1.29, 1.82) is 0 Å². The summed E-state index contributed by atoms with van der Waals surface area (Å²) < 4.78 is 24.7. The molecular weight excluding hydrogens is 167 g/mol. The molecule has 0 amide bonds. The zero-order valence-corrected chi connectivity index (χ0v) is 8.60. The summed E-state index contributed by atoms with van der Waals surface area (Å²) in [5.74, 6) is 0. The first kappa shape index (κ1) is 13.2. The first-order chi connectivity index (χ1) is 4.12. The van der Waals surface area contributed by atoms with Gasteiger partial charge in [0.05, 0.1) is 18.6 Å². The number of aliphatic hydroxyl groups excluding tert-OH is 1. The van der Waals surface area contributed by atoms with Gasteiger partial charge in [-0.1, -0.05) is 6.58 Å². The molecule has 0 unspecified atom stereocenters. The fraction of sp³-hybridized carbons (Fsp3) is 0.500. The van der Waals surface area contributed by atoms with Gasteiger partial charge in [-0.05, 0) is 0 Å². The summed E-state index contributed by atoms with van der Waals surface area (Å²) >= 11 is 0. The van der Waals surface area contributed by atoms with Crippen LogP contribution < -0.4 is 29.6 Å². The van der Waals surface area contributed by atoms with Crippen molar-refractivity contribution in [2.45, 2.75) is 0 Å². The summed E-state index contributed by atoms with van der Waals surface area (Å²) in [4.78, 5) is 0. The van der Waals surface area contributed by atoms with Gasteiger partial charge in [-0.15, -0.1) is 0 Å². The molecule has 1 N–H and O–H groups in total. The minimum absolute atomic E-state index is 0. The minimum Gasteiger partial charge on any atom is -1.00 e. The third kappa shape index (κ3) is 6.73. The van der Waals surface area contributed by atoms with Crippen LogP contribution in [-0.4, -0.2) is 26.7 Å². The van der Waals surface area contributed by atoms with E-state index in [1.807, 2.05) is 0 Å². The smallest absolute Gasteiger partial charge is 1.00 e. The Morgan fingerprint density at radius 1 is 1.70 bits per heavy atom. The van der Waals surface area contributed by atoms with Crippen molar-refractivity contribution in [3.63, 3.8) is 0 Å². The fourth-order valence-electron chi connectivity index (χ4n) is 0.202. The minimum atomic E-state index is -3.58. The zero-order valence-electron chi connectivity index (χ0n) is 6.78. The van der Waals surface area contributed by atoms with Crippen LogP contribution in [0.1, 0.15) is 1.43 Å². The number of rotatable bonds is 4. The van der Waals surface area contributed by atoms with Crippen molar-refractivity contribution >= 4 is 10.1 Å². The second-order valence-corrected chi connectivity index (χ2v) is 2.76. The van der Waals surface area contributed by atoms with Gasteiger partial charge in [-0.2, -0.15) is 8.42 Å². The Labute approximate surface area is 83.8 Å². The Morgan fingerprint density at radius 3 is 2.50 bits per heavy atom. The summed E-state index contributed by atoms with van der Waals surface area (Å²) in [7, 11) is -3.58. The maximum atomic E-state index is 10.3. The molecule has 0 saturated carbocycles. The Morgan fingerprint density at radius 2 is 2.20 bits per heavy atom. The largest absolute Gasteiger partial charge is 1.00 e. The zero-order chi connectivity index (χ0) is 7.33. The number of aliphatic hydroxyl groups is 1. The van der Waals surface area contributed by atoms with Crippen LogP contribution in [0.15, 0.2) is 12.0 Å². The normalized spacial score (nSPS) is 10.1. The Balaban J connectivity index is -0.000000320. The third-order valence-corrected chi connectivity index (χ3v) is 1.45. The molecule has 0 atom stereocenters. The van der Waals surface area contributed by atoms with Crippen molar-refractivity contribution in [3.8, 4) is 0 Å². The molecule has 0 bridgehead atoms. The van der Waals surface area contributed by atoms with E-state index in [0.29, 0.717) is 5.41 Å². The van der Waals surface area contributed by atoms with Crippen LogP contribution in [0, 0.1) is 0 Å². The topological polar surface area (TPSA) is 63.6 Å². The molecular formula is C4H9NaO4S. The fourth-order valence-corrected chi connectivity index (χ4v) is 0.605. The predicted octanol–water partition coefficient (Wildman–Crippen LogP) is -3.41. The van der Waals surface area contributed by atoms with Gasteiger partial charge < -0.3 is 6.53 Å². The molecule has 4 nitrogen and oxygen atoms in total.